The molecule has 4 unspecified atom stereocenters. The number of alkyl halides is 5. The molecule has 2 aliphatic heterocycles. The Morgan fingerprint density at radius 3 is 2.51 bits per heavy atom. The lowest BCUT2D eigenvalue weighted by atomic mass is 9.88. The van der Waals surface area contributed by atoms with Crippen molar-refractivity contribution in [1.29, 1.82) is 0 Å². The molecule has 0 radical (unpaired) electrons. The fourth-order valence-corrected chi connectivity index (χ4v) is 4.89. The molecule has 12 heteroatoms. The number of hydrogen-bond acceptors (Lipinski definition) is 5. The van der Waals surface area contributed by atoms with Gasteiger partial charge in [-0.1, -0.05) is 32.0 Å². The number of amides is 2. The van der Waals surface area contributed by atoms with Crippen molar-refractivity contribution < 1.29 is 36.3 Å². The zero-order chi connectivity index (χ0) is 25.8. The molecule has 0 aromatic heterocycles. The number of fused-ring (bicyclic) bond motifs is 1. The molecule has 1 saturated carbocycles. The number of nitrogens with two attached hydrogens (primary N) is 1. The predicted molar refractivity (Wildman–Crippen MR) is 116 cm³/mol. The summed E-state index contributed by atoms with van der Waals surface area (Å²) < 4.78 is 74.3. The van der Waals surface area contributed by atoms with Crippen molar-refractivity contribution in [2.24, 2.45) is 22.6 Å². The number of nitrogens with one attached hydrogen (secondary N) is 1. The Hall–Kier alpha value is -2.92. The Morgan fingerprint density at radius 1 is 1.26 bits per heavy atom. The molecule has 0 saturated heterocycles. The van der Waals surface area contributed by atoms with Crippen LogP contribution in [0.15, 0.2) is 29.3 Å². The lowest BCUT2D eigenvalue weighted by Crippen LogP contribution is -2.52. The molecule has 3 aliphatic rings. The van der Waals surface area contributed by atoms with Gasteiger partial charge in [-0.2, -0.15) is 13.2 Å². The summed E-state index contributed by atoms with van der Waals surface area (Å²) in [5.41, 5.74) is 5.53. The van der Waals surface area contributed by atoms with E-state index in [1.165, 1.54) is 18.2 Å². The van der Waals surface area contributed by atoms with Gasteiger partial charge in [-0.15, -0.1) is 0 Å². The van der Waals surface area contributed by atoms with E-state index >= 15 is 0 Å². The third kappa shape index (κ3) is 4.54. The molecule has 1 fully saturated rings. The lowest BCUT2D eigenvalue weighted by molar-refractivity contribution is -0.201. The van der Waals surface area contributed by atoms with Gasteiger partial charge in [0.05, 0.1) is 23.9 Å². The molecule has 1 aliphatic carbocycles. The van der Waals surface area contributed by atoms with Gasteiger partial charge in [0.25, 0.3) is 5.92 Å². The number of nitrogens with zero attached hydrogens (tertiary/aromatic N) is 2. The zero-order valence-electron chi connectivity index (χ0n) is 19.2. The Balaban J connectivity index is 1.49. The van der Waals surface area contributed by atoms with Crippen molar-refractivity contribution in [2.75, 3.05) is 6.54 Å². The molecular weight excluding hydrogens is 475 g/mol. The van der Waals surface area contributed by atoms with Crippen LogP contribution >= 0.6 is 0 Å². The van der Waals surface area contributed by atoms with E-state index in [1.54, 1.807) is 6.07 Å². The third-order valence-corrected chi connectivity index (χ3v) is 7.28. The number of aliphatic imine (C=N–C) groups is 1. The van der Waals surface area contributed by atoms with Crippen LogP contribution in [-0.2, 0) is 9.59 Å². The van der Waals surface area contributed by atoms with Crippen molar-refractivity contribution in [3.8, 4) is 5.75 Å². The van der Waals surface area contributed by atoms with Crippen molar-refractivity contribution in [1.82, 2.24) is 10.2 Å². The van der Waals surface area contributed by atoms with E-state index in [0.717, 1.165) is 4.90 Å². The third-order valence-electron chi connectivity index (χ3n) is 7.28. The van der Waals surface area contributed by atoms with E-state index in [2.05, 4.69) is 10.3 Å². The van der Waals surface area contributed by atoms with E-state index in [9.17, 15) is 31.5 Å². The van der Waals surface area contributed by atoms with Crippen molar-refractivity contribution >= 4 is 17.8 Å². The van der Waals surface area contributed by atoms with Gasteiger partial charge < -0.3 is 15.8 Å². The highest BCUT2D eigenvalue weighted by Crippen LogP contribution is 2.56. The van der Waals surface area contributed by atoms with Gasteiger partial charge in [0.2, 0.25) is 11.8 Å². The second-order valence-electron chi connectivity index (χ2n) is 9.32. The average molecular weight is 502 g/mol. The Bertz CT molecular complexity index is 1040. The number of carbonyl (C=O) groups is 2. The maximum atomic E-state index is 14.6. The molecule has 0 bridgehead atoms. The van der Waals surface area contributed by atoms with Crippen molar-refractivity contribution in [2.45, 2.75) is 69.3 Å². The summed E-state index contributed by atoms with van der Waals surface area (Å²) in [4.78, 5) is 30.8. The summed E-state index contributed by atoms with van der Waals surface area (Å²) in [5.74, 6) is -8.53. The lowest BCUT2D eigenvalue weighted by Gasteiger charge is -2.36. The first kappa shape index (κ1) is 25.2. The molecule has 7 nitrogen and oxygen atoms in total. The molecular formula is C23H27F5N4O3. The van der Waals surface area contributed by atoms with E-state index in [1.807, 2.05) is 13.8 Å². The molecule has 0 spiro atoms. The molecule has 4 atom stereocenters. The fraction of sp³-hybridized carbons (Fsp3) is 0.609. The highest BCUT2D eigenvalue weighted by molar-refractivity contribution is 5.99. The number of para-hydroxylation sites is 1. The zero-order valence-corrected chi connectivity index (χ0v) is 19.2. The number of guanidine groups is 1. The van der Waals surface area contributed by atoms with Crippen molar-refractivity contribution in [3.63, 3.8) is 0 Å². The highest BCUT2D eigenvalue weighted by atomic mass is 19.4. The smallest absolute Gasteiger partial charge is 0.425 e. The van der Waals surface area contributed by atoms with Crippen LogP contribution in [0.3, 0.4) is 0 Å². The standard InChI is InChI=1S/C23H27F5N4O3/c1-3-21(4-2)10-17(33)32(20(29)31-21)11-13-18(22(13,24)25)19(34)30-14-9-16(23(26,27)28)35-15-8-6-5-7-12(14)15/h5-8,13-14,16,18H,3-4,9-11H2,1-2H3,(H2,29,31)(H,30,34). The largest absolute Gasteiger partial charge is 0.480 e. The van der Waals surface area contributed by atoms with Gasteiger partial charge in [0, 0.05) is 18.5 Å². The van der Waals surface area contributed by atoms with Crippen LogP contribution < -0.4 is 15.8 Å². The summed E-state index contributed by atoms with van der Waals surface area (Å²) in [5, 5.41) is 2.35. The summed E-state index contributed by atoms with van der Waals surface area (Å²) in [6, 6.07) is 4.69. The number of benzene rings is 1. The average Bonchev–Trinajstić information content (AvgIpc) is 3.35. The number of carbonyl (C=O) groups excluding carboxylic acids is 2. The fourth-order valence-electron chi connectivity index (χ4n) is 4.89. The van der Waals surface area contributed by atoms with Crippen LogP contribution in [0.2, 0.25) is 0 Å². The second kappa shape index (κ2) is 8.63. The molecule has 4 rings (SSSR count). The second-order valence-corrected chi connectivity index (χ2v) is 9.32. The maximum Gasteiger partial charge on any atom is 0.425 e. The summed E-state index contributed by atoms with van der Waals surface area (Å²) in [6.07, 6.45) is -6.39. The first-order valence-electron chi connectivity index (χ1n) is 11.5. The van der Waals surface area contributed by atoms with E-state index in [-0.39, 0.29) is 23.7 Å². The Kier molecular flexibility index (Phi) is 6.21. The maximum absolute atomic E-state index is 14.6. The highest BCUT2D eigenvalue weighted by Gasteiger charge is 2.72. The summed E-state index contributed by atoms with van der Waals surface area (Å²) in [6.45, 7) is 3.21. The van der Waals surface area contributed by atoms with Gasteiger partial charge >= 0.3 is 6.18 Å². The number of rotatable bonds is 6. The Labute approximate surface area is 198 Å². The Morgan fingerprint density at radius 2 is 1.91 bits per heavy atom. The van der Waals surface area contributed by atoms with Crippen LogP contribution in [0.5, 0.6) is 5.75 Å². The molecule has 2 amide bonds. The van der Waals surface area contributed by atoms with Crippen LogP contribution in [0.4, 0.5) is 22.0 Å². The normalized spacial score (nSPS) is 29.1. The molecule has 2 heterocycles. The van der Waals surface area contributed by atoms with Crippen LogP contribution in [0.25, 0.3) is 0 Å². The van der Waals surface area contributed by atoms with Gasteiger partial charge in [-0.3, -0.25) is 14.5 Å². The van der Waals surface area contributed by atoms with Gasteiger partial charge in [0.1, 0.15) is 11.7 Å². The molecule has 1 aromatic carbocycles. The van der Waals surface area contributed by atoms with Crippen LogP contribution in [0, 0.1) is 11.8 Å². The molecule has 1 aromatic rings. The monoisotopic (exact) mass is 502 g/mol. The number of hydrogen-bond donors (Lipinski definition) is 2. The van der Waals surface area contributed by atoms with E-state index < -0.39 is 66.4 Å². The SMILES string of the molecule is CCC1(CC)CC(=O)N(CC2C(C(=O)NC3CC(C(F)(F)F)Oc4ccccc43)C2(F)F)C(N)=N1. The first-order chi connectivity index (χ1) is 16.3. The molecule has 35 heavy (non-hydrogen) atoms. The topological polar surface area (TPSA) is 97.0 Å². The summed E-state index contributed by atoms with van der Waals surface area (Å²) in [7, 11) is 0. The van der Waals surface area contributed by atoms with Crippen molar-refractivity contribution in [3.05, 3.63) is 29.8 Å². The molecule has 3 N–H and O–H groups in total. The van der Waals surface area contributed by atoms with Gasteiger partial charge in [-0.25, -0.2) is 13.8 Å². The first-order valence-corrected chi connectivity index (χ1v) is 11.5. The minimum Gasteiger partial charge on any atom is -0.480 e. The van der Waals surface area contributed by atoms with Gasteiger partial charge in [0.15, 0.2) is 12.1 Å². The quantitative estimate of drug-likeness (QED) is 0.582. The molecule has 192 valence electrons. The predicted octanol–water partition coefficient (Wildman–Crippen LogP) is 3.54. The minimum absolute atomic E-state index is 0.0214. The van der Waals surface area contributed by atoms with Crippen LogP contribution in [0.1, 0.15) is 51.1 Å². The number of ether oxygens (including phenoxy) is 1. The number of halogens is 5. The van der Waals surface area contributed by atoms with Gasteiger partial charge in [-0.05, 0) is 18.9 Å². The minimum atomic E-state index is -4.69. The van der Waals surface area contributed by atoms with E-state index in [4.69, 9.17) is 10.5 Å². The van der Waals surface area contributed by atoms with Crippen LogP contribution in [-0.4, -0.2) is 53.0 Å². The summed E-state index contributed by atoms with van der Waals surface area (Å²) >= 11 is 0. The van der Waals surface area contributed by atoms with E-state index in [0.29, 0.717) is 12.8 Å².